The molecule has 0 aliphatic carbocycles. The van der Waals surface area contributed by atoms with Gasteiger partial charge in [0.05, 0.1) is 6.54 Å². The van der Waals surface area contributed by atoms with Crippen LogP contribution in [0.15, 0.2) is 4.42 Å². The number of hydrogen-bond donors (Lipinski definition) is 1. The van der Waals surface area contributed by atoms with Crippen LogP contribution < -0.4 is 10.2 Å². The van der Waals surface area contributed by atoms with Gasteiger partial charge in [0.1, 0.15) is 0 Å². The average molecular weight is 266 g/mol. The van der Waals surface area contributed by atoms with Crippen molar-refractivity contribution in [2.75, 3.05) is 24.5 Å². The van der Waals surface area contributed by atoms with Gasteiger partial charge in [0, 0.05) is 13.1 Å². The molecule has 1 aliphatic rings. The summed E-state index contributed by atoms with van der Waals surface area (Å²) in [5.74, 6) is 2.09. The molecule has 5 nitrogen and oxygen atoms in total. The second kappa shape index (κ2) is 6.89. The van der Waals surface area contributed by atoms with Crippen LogP contribution in [-0.2, 0) is 6.54 Å². The average Bonchev–Trinajstić information content (AvgIpc) is 2.87. The first-order valence-corrected chi connectivity index (χ1v) is 7.47. The zero-order valence-corrected chi connectivity index (χ0v) is 12.4. The number of rotatable bonds is 6. The molecule has 5 heteroatoms. The highest BCUT2D eigenvalue weighted by Gasteiger charge is 2.22. The minimum atomic E-state index is 0.634. The first-order valence-electron chi connectivity index (χ1n) is 7.47. The lowest BCUT2D eigenvalue weighted by Gasteiger charge is -2.30. The minimum absolute atomic E-state index is 0.634. The van der Waals surface area contributed by atoms with Crippen molar-refractivity contribution in [3.63, 3.8) is 0 Å². The van der Waals surface area contributed by atoms with Gasteiger partial charge in [0.25, 0.3) is 0 Å². The van der Waals surface area contributed by atoms with E-state index in [2.05, 4.69) is 41.2 Å². The largest absolute Gasteiger partial charge is 0.407 e. The number of anilines is 1. The van der Waals surface area contributed by atoms with Crippen LogP contribution in [0.1, 0.15) is 45.9 Å². The number of piperidine rings is 1. The van der Waals surface area contributed by atoms with E-state index in [1.807, 2.05) is 0 Å². The highest BCUT2D eigenvalue weighted by molar-refractivity contribution is 5.25. The molecule has 1 aromatic rings. The van der Waals surface area contributed by atoms with E-state index in [-0.39, 0.29) is 0 Å². The molecule has 1 aromatic heterocycles. The quantitative estimate of drug-likeness (QED) is 0.857. The highest BCUT2D eigenvalue weighted by atomic mass is 16.4. The van der Waals surface area contributed by atoms with Crippen molar-refractivity contribution in [1.29, 1.82) is 0 Å². The van der Waals surface area contributed by atoms with E-state index in [1.165, 1.54) is 19.3 Å². The Balaban J connectivity index is 1.85. The first kappa shape index (κ1) is 14.3. The number of aromatic nitrogens is 2. The molecule has 1 N–H and O–H groups in total. The summed E-state index contributed by atoms with van der Waals surface area (Å²) >= 11 is 0. The third-order valence-electron chi connectivity index (χ3n) is 3.65. The fraction of sp³-hybridized carbons (Fsp3) is 0.857. The Labute approximate surface area is 115 Å². The van der Waals surface area contributed by atoms with Crippen LogP contribution in [0, 0.1) is 11.8 Å². The molecule has 19 heavy (non-hydrogen) atoms. The van der Waals surface area contributed by atoms with Gasteiger partial charge in [-0.25, -0.2) is 0 Å². The van der Waals surface area contributed by atoms with Gasteiger partial charge in [0.15, 0.2) is 0 Å². The maximum absolute atomic E-state index is 5.74. The maximum Gasteiger partial charge on any atom is 0.318 e. The lowest BCUT2D eigenvalue weighted by molar-refractivity contribution is 0.376. The van der Waals surface area contributed by atoms with E-state index in [1.54, 1.807) is 0 Å². The van der Waals surface area contributed by atoms with Crippen molar-refractivity contribution < 1.29 is 4.42 Å². The molecule has 1 unspecified atom stereocenters. The summed E-state index contributed by atoms with van der Waals surface area (Å²) in [4.78, 5) is 2.23. The summed E-state index contributed by atoms with van der Waals surface area (Å²) in [6.07, 6.45) is 3.78. The predicted molar refractivity (Wildman–Crippen MR) is 76.1 cm³/mol. The number of hydrogen-bond acceptors (Lipinski definition) is 5. The molecular formula is C14H26N4O. The third-order valence-corrected chi connectivity index (χ3v) is 3.65. The summed E-state index contributed by atoms with van der Waals surface area (Å²) in [7, 11) is 0. The molecule has 0 bridgehead atoms. The van der Waals surface area contributed by atoms with Crippen LogP contribution in [0.3, 0.4) is 0 Å². The van der Waals surface area contributed by atoms with Crippen molar-refractivity contribution in [3.05, 3.63) is 5.89 Å². The standard InChI is InChI=1S/C14H26N4O/c1-4-12-6-5-7-18(10-12)14-17-16-13(19-14)9-15-8-11(2)3/h11-12,15H,4-10H2,1-3H3. The van der Waals surface area contributed by atoms with Crippen molar-refractivity contribution in [3.8, 4) is 0 Å². The Hall–Kier alpha value is -1.10. The highest BCUT2D eigenvalue weighted by Crippen LogP contribution is 2.23. The van der Waals surface area contributed by atoms with Crippen molar-refractivity contribution in [1.82, 2.24) is 15.5 Å². The number of nitrogens with one attached hydrogen (secondary N) is 1. The van der Waals surface area contributed by atoms with E-state index >= 15 is 0 Å². The Morgan fingerprint density at radius 3 is 3.00 bits per heavy atom. The number of nitrogens with zero attached hydrogens (tertiary/aromatic N) is 3. The Morgan fingerprint density at radius 2 is 2.26 bits per heavy atom. The molecule has 1 atom stereocenters. The van der Waals surface area contributed by atoms with Gasteiger partial charge in [-0.3, -0.25) is 0 Å². The van der Waals surface area contributed by atoms with Crippen LogP contribution in [0.2, 0.25) is 0 Å². The molecule has 2 rings (SSSR count). The van der Waals surface area contributed by atoms with Gasteiger partial charge in [0.2, 0.25) is 5.89 Å². The summed E-state index contributed by atoms with van der Waals surface area (Å²) in [6.45, 7) is 10.4. The van der Waals surface area contributed by atoms with Crippen molar-refractivity contribution >= 4 is 6.01 Å². The van der Waals surface area contributed by atoms with Gasteiger partial charge in [-0.15, -0.1) is 5.10 Å². The van der Waals surface area contributed by atoms with E-state index in [0.29, 0.717) is 24.4 Å². The zero-order chi connectivity index (χ0) is 13.7. The van der Waals surface area contributed by atoms with Crippen molar-refractivity contribution in [2.45, 2.75) is 46.6 Å². The lowest BCUT2D eigenvalue weighted by Crippen LogP contribution is -2.35. The molecule has 0 spiro atoms. The summed E-state index contributed by atoms with van der Waals surface area (Å²) in [5, 5.41) is 11.6. The lowest BCUT2D eigenvalue weighted by atomic mass is 9.96. The van der Waals surface area contributed by atoms with Crippen LogP contribution in [0.4, 0.5) is 6.01 Å². The second-order valence-corrected chi connectivity index (χ2v) is 5.87. The molecule has 0 amide bonds. The van der Waals surface area contributed by atoms with Gasteiger partial charge < -0.3 is 14.6 Å². The molecule has 0 aromatic carbocycles. The SMILES string of the molecule is CCC1CCCN(c2nnc(CNCC(C)C)o2)C1. The summed E-state index contributed by atoms with van der Waals surface area (Å²) < 4.78 is 5.74. The fourth-order valence-electron chi connectivity index (χ4n) is 2.48. The second-order valence-electron chi connectivity index (χ2n) is 5.87. The molecule has 1 fully saturated rings. The Bertz CT molecular complexity index is 377. The predicted octanol–water partition coefficient (Wildman–Crippen LogP) is 2.44. The maximum atomic E-state index is 5.74. The molecule has 108 valence electrons. The van der Waals surface area contributed by atoms with E-state index in [0.717, 1.165) is 25.6 Å². The minimum Gasteiger partial charge on any atom is -0.407 e. The summed E-state index contributed by atoms with van der Waals surface area (Å²) in [6, 6.07) is 0.694. The summed E-state index contributed by atoms with van der Waals surface area (Å²) in [5.41, 5.74) is 0. The normalized spacial score (nSPS) is 20.2. The third kappa shape index (κ3) is 4.20. The molecule has 1 saturated heterocycles. The first-order chi connectivity index (χ1) is 9.19. The van der Waals surface area contributed by atoms with Gasteiger partial charge in [-0.1, -0.05) is 32.3 Å². The Kier molecular flexibility index (Phi) is 5.19. The molecule has 2 heterocycles. The molecule has 0 radical (unpaired) electrons. The van der Waals surface area contributed by atoms with Crippen LogP contribution in [0.5, 0.6) is 0 Å². The van der Waals surface area contributed by atoms with E-state index < -0.39 is 0 Å². The van der Waals surface area contributed by atoms with Crippen LogP contribution in [0.25, 0.3) is 0 Å². The smallest absolute Gasteiger partial charge is 0.318 e. The molecular weight excluding hydrogens is 240 g/mol. The van der Waals surface area contributed by atoms with Crippen LogP contribution >= 0.6 is 0 Å². The van der Waals surface area contributed by atoms with Crippen molar-refractivity contribution in [2.24, 2.45) is 11.8 Å². The van der Waals surface area contributed by atoms with Gasteiger partial charge >= 0.3 is 6.01 Å². The Morgan fingerprint density at radius 1 is 1.42 bits per heavy atom. The fourth-order valence-corrected chi connectivity index (χ4v) is 2.48. The van der Waals surface area contributed by atoms with Gasteiger partial charge in [-0.2, -0.15) is 0 Å². The van der Waals surface area contributed by atoms with E-state index in [9.17, 15) is 0 Å². The molecule has 0 saturated carbocycles. The zero-order valence-electron chi connectivity index (χ0n) is 12.4. The molecule has 1 aliphatic heterocycles. The topological polar surface area (TPSA) is 54.2 Å². The van der Waals surface area contributed by atoms with Crippen LogP contribution in [-0.4, -0.2) is 29.8 Å². The monoisotopic (exact) mass is 266 g/mol. The van der Waals surface area contributed by atoms with E-state index in [4.69, 9.17) is 4.42 Å². The van der Waals surface area contributed by atoms with Gasteiger partial charge in [-0.05, 0) is 31.2 Å².